The third kappa shape index (κ3) is 6.30. The number of hydrogen-bond donors (Lipinski definition) is 0. The van der Waals surface area contributed by atoms with Crippen molar-refractivity contribution in [1.29, 1.82) is 0 Å². The summed E-state index contributed by atoms with van der Waals surface area (Å²) in [6, 6.07) is 8.00. The van der Waals surface area contributed by atoms with E-state index >= 15 is 0 Å². The van der Waals surface area contributed by atoms with Gasteiger partial charge in [-0.15, -0.1) is 0 Å². The van der Waals surface area contributed by atoms with Crippen molar-refractivity contribution in [1.82, 2.24) is 0 Å². The zero-order valence-corrected chi connectivity index (χ0v) is 21.0. The van der Waals surface area contributed by atoms with Crippen LogP contribution in [0.1, 0.15) is 66.2 Å². The lowest BCUT2D eigenvalue weighted by molar-refractivity contribution is -0.280. The largest absolute Gasteiger partial charge is 0.497 e. The van der Waals surface area contributed by atoms with Crippen LogP contribution in [0.4, 0.5) is 0 Å². The van der Waals surface area contributed by atoms with Crippen LogP contribution in [-0.4, -0.2) is 34.2 Å². The lowest BCUT2D eigenvalue weighted by atomic mass is 9.87. The first-order valence-electron chi connectivity index (χ1n) is 11.0. The normalized spacial score (nSPS) is 26.0. The number of rotatable bonds is 8. The van der Waals surface area contributed by atoms with Crippen LogP contribution in [0.3, 0.4) is 0 Å². The zero-order valence-electron chi connectivity index (χ0n) is 20.0. The van der Waals surface area contributed by atoms with Crippen LogP contribution < -0.4 is 4.74 Å². The van der Waals surface area contributed by atoms with Crippen molar-refractivity contribution >= 4 is 8.32 Å². The van der Waals surface area contributed by atoms with Gasteiger partial charge in [0.05, 0.1) is 19.3 Å². The fraction of sp³-hybridized carbons (Fsp3) is 0.750. The summed E-state index contributed by atoms with van der Waals surface area (Å²) in [6.07, 6.45) is 2.04. The third-order valence-corrected chi connectivity index (χ3v) is 11.2. The quantitative estimate of drug-likeness (QED) is 0.350. The highest BCUT2D eigenvalue weighted by Gasteiger charge is 2.39. The summed E-state index contributed by atoms with van der Waals surface area (Å²) in [5.74, 6) is 1.65. The summed E-state index contributed by atoms with van der Waals surface area (Å²) >= 11 is 0. The average molecular weight is 423 g/mol. The Balaban J connectivity index is 2.01. The Morgan fingerprint density at radius 2 is 1.69 bits per heavy atom. The van der Waals surface area contributed by atoms with Gasteiger partial charge in [0, 0.05) is 18.1 Å². The maximum absolute atomic E-state index is 6.43. The Morgan fingerprint density at radius 1 is 1.07 bits per heavy atom. The number of hydrogen-bond acceptors (Lipinski definition) is 4. The molecule has 4 nitrogen and oxygen atoms in total. The molecular weight excluding hydrogens is 380 g/mol. The predicted molar refractivity (Wildman–Crippen MR) is 122 cm³/mol. The highest BCUT2D eigenvalue weighted by molar-refractivity contribution is 6.74. The molecule has 1 saturated heterocycles. The Labute approximate surface area is 179 Å². The molecule has 29 heavy (non-hydrogen) atoms. The van der Waals surface area contributed by atoms with Gasteiger partial charge in [-0.1, -0.05) is 53.7 Å². The molecule has 0 spiro atoms. The molecule has 1 aromatic rings. The van der Waals surface area contributed by atoms with Crippen molar-refractivity contribution in [2.24, 2.45) is 11.8 Å². The molecule has 0 saturated carbocycles. The summed E-state index contributed by atoms with van der Waals surface area (Å²) in [5.41, 5.74) is 1.05. The van der Waals surface area contributed by atoms with E-state index in [-0.39, 0.29) is 23.5 Å². The second-order valence-electron chi connectivity index (χ2n) is 10.2. The van der Waals surface area contributed by atoms with Crippen LogP contribution in [0, 0.1) is 11.8 Å². The summed E-state index contributed by atoms with van der Waals surface area (Å²) < 4.78 is 24.4. The van der Waals surface area contributed by atoms with Gasteiger partial charge in [-0.05, 0) is 49.0 Å². The second kappa shape index (κ2) is 9.95. The van der Waals surface area contributed by atoms with Crippen LogP contribution in [0.15, 0.2) is 24.3 Å². The average Bonchev–Trinajstić information content (AvgIpc) is 2.65. The molecule has 1 aromatic carbocycles. The summed E-state index contributed by atoms with van der Waals surface area (Å²) in [5, 5.41) is 0.248. The molecule has 4 atom stereocenters. The SMILES string of the molecule is COc1ccc([C@@H]2O[C@H](CCCO[Si](C)(C)C(C)(C)C)[C@H](C)[C@H](C(C)C)O2)cc1. The maximum Gasteiger partial charge on any atom is 0.191 e. The van der Waals surface area contributed by atoms with Gasteiger partial charge < -0.3 is 18.6 Å². The van der Waals surface area contributed by atoms with Crippen molar-refractivity contribution in [3.8, 4) is 5.75 Å². The standard InChI is InChI=1S/C24H42O4Si/c1-17(2)22-18(3)21(11-10-16-26-29(8,9)24(4,5)6)27-23(28-22)19-12-14-20(25-7)15-13-19/h12-15,17-18,21-23H,10-11,16H2,1-9H3/t18-,21+,22-,23+/m0/s1. The minimum absolute atomic E-state index is 0.172. The van der Waals surface area contributed by atoms with Crippen molar-refractivity contribution < 1.29 is 18.6 Å². The van der Waals surface area contributed by atoms with Crippen molar-refractivity contribution in [2.45, 2.75) is 91.0 Å². The first-order valence-corrected chi connectivity index (χ1v) is 14.0. The van der Waals surface area contributed by atoms with Crippen LogP contribution >= 0.6 is 0 Å². The fourth-order valence-corrected chi connectivity index (χ4v) is 4.72. The van der Waals surface area contributed by atoms with Crippen LogP contribution in [0.2, 0.25) is 18.1 Å². The first kappa shape index (κ1) is 24.4. The van der Waals surface area contributed by atoms with Gasteiger partial charge in [-0.25, -0.2) is 0 Å². The maximum atomic E-state index is 6.43. The first-order chi connectivity index (χ1) is 13.5. The van der Waals surface area contributed by atoms with Crippen LogP contribution in [0.5, 0.6) is 5.75 Å². The van der Waals surface area contributed by atoms with E-state index in [1.54, 1.807) is 7.11 Å². The minimum Gasteiger partial charge on any atom is -0.497 e. The van der Waals surface area contributed by atoms with Gasteiger partial charge in [-0.2, -0.15) is 0 Å². The van der Waals surface area contributed by atoms with Gasteiger partial charge in [0.25, 0.3) is 0 Å². The van der Waals surface area contributed by atoms with Gasteiger partial charge in [0.1, 0.15) is 5.75 Å². The smallest absolute Gasteiger partial charge is 0.191 e. The van der Waals surface area contributed by atoms with E-state index in [0.717, 1.165) is 30.8 Å². The minimum atomic E-state index is -1.69. The van der Waals surface area contributed by atoms with Crippen molar-refractivity contribution in [3.05, 3.63) is 29.8 Å². The molecule has 0 bridgehead atoms. The Morgan fingerprint density at radius 3 is 2.21 bits per heavy atom. The zero-order chi connectivity index (χ0) is 21.8. The molecule has 0 aliphatic carbocycles. The molecule has 0 radical (unpaired) electrons. The number of ether oxygens (including phenoxy) is 3. The lowest BCUT2D eigenvalue weighted by Crippen LogP contribution is -2.44. The van der Waals surface area contributed by atoms with E-state index < -0.39 is 8.32 Å². The predicted octanol–water partition coefficient (Wildman–Crippen LogP) is 6.57. The molecule has 1 fully saturated rings. The Kier molecular flexibility index (Phi) is 8.37. The van der Waals surface area contributed by atoms with Crippen molar-refractivity contribution in [3.63, 3.8) is 0 Å². The van der Waals surface area contributed by atoms with E-state index in [1.807, 2.05) is 24.3 Å². The van der Waals surface area contributed by atoms with E-state index in [9.17, 15) is 0 Å². The summed E-state index contributed by atoms with van der Waals surface area (Å²) in [7, 11) is -0.0111. The second-order valence-corrected chi connectivity index (χ2v) is 15.0. The van der Waals surface area contributed by atoms with E-state index in [1.165, 1.54) is 0 Å². The summed E-state index contributed by atoms with van der Waals surface area (Å²) in [4.78, 5) is 0. The molecule has 0 amide bonds. The molecule has 1 aliphatic rings. The molecule has 166 valence electrons. The fourth-order valence-electron chi connectivity index (χ4n) is 3.63. The Hall–Kier alpha value is -0.883. The van der Waals surface area contributed by atoms with Gasteiger partial charge >= 0.3 is 0 Å². The van der Waals surface area contributed by atoms with Gasteiger partial charge in [0.2, 0.25) is 0 Å². The molecule has 2 rings (SSSR count). The number of benzene rings is 1. The molecule has 1 aliphatic heterocycles. The van der Waals surface area contributed by atoms with E-state index in [4.69, 9.17) is 18.6 Å². The van der Waals surface area contributed by atoms with Crippen molar-refractivity contribution in [2.75, 3.05) is 13.7 Å². The highest BCUT2D eigenvalue weighted by atomic mass is 28.4. The Bertz CT molecular complexity index is 621. The number of methoxy groups -OCH3 is 1. The van der Waals surface area contributed by atoms with Gasteiger partial charge in [0.15, 0.2) is 14.6 Å². The third-order valence-electron chi connectivity index (χ3n) is 6.63. The van der Waals surface area contributed by atoms with Crippen LogP contribution in [0.25, 0.3) is 0 Å². The van der Waals surface area contributed by atoms with Gasteiger partial charge in [-0.3, -0.25) is 0 Å². The molecular formula is C24H42O4Si. The molecule has 0 N–H and O–H groups in total. The molecule has 1 heterocycles. The topological polar surface area (TPSA) is 36.9 Å². The van der Waals surface area contributed by atoms with E-state index in [2.05, 4.69) is 54.6 Å². The summed E-state index contributed by atoms with van der Waals surface area (Å²) in [6.45, 7) is 19.0. The molecule has 5 heteroatoms. The van der Waals surface area contributed by atoms with E-state index in [0.29, 0.717) is 11.8 Å². The monoisotopic (exact) mass is 422 g/mol. The molecule has 0 aromatic heterocycles. The molecule has 0 unspecified atom stereocenters. The lowest BCUT2D eigenvalue weighted by Gasteiger charge is -2.43. The van der Waals surface area contributed by atoms with Crippen LogP contribution in [-0.2, 0) is 13.9 Å². The highest BCUT2D eigenvalue weighted by Crippen LogP contribution is 2.39.